The Hall–Kier alpha value is -1.88. The van der Waals surface area contributed by atoms with Crippen LogP contribution in [-0.2, 0) is 20.7 Å². The smallest absolute Gasteiger partial charge is 0.311 e. The predicted octanol–water partition coefficient (Wildman–Crippen LogP) is 3.05. The van der Waals surface area contributed by atoms with Crippen molar-refractivity contribution >= 4 is 11.9 Å². The van der Waals surface area contributed by atoms with Gasteiger partial charge in [0.05, 0.1) is 5.41 Å². The number of ether oxygens (including phenoxy) is 1. The average molecular weight is 347 g/mol. The first-order chi connectivity index (χ1) is 12.0. The Morgan fingerprint density at radius 1 is 1.32 bits per heavy atom. The highest BCUT2D eigenvalue weighted by atomic mass is 16.5. The highest BCUT2D eigenvalue weighted by Gasteiger charge is 2.42. The fraction of sp³-hybridized carbons (Fsp3) is 0.600. The van der Waals surface area contributed by atoms with Gasteiger partial charge in [0.15, 0.2) is 0 Å². The number of aliphatic carboxylic acids is 1. The number of carboxylic acids is 1. The number of amides is 1. The first kappa shape index (κ1) is 19.4. The van der Waals surface area contributed by atoms with Gasteiger partial charge in [0.2, 0.25) is 5.91 Å². The van der Waals surface area contributed by atoms with Crippen molar-refractivity contribution in [2.75, 3.05) is 26.8 Å². The zero-order chi connectivity index (χ0) is 18.3. The molecule has 138 valence electrons. The van der Waals surface area contributed by atoms with Crippen LogP contribution in [0.1, 0.15) is 43.2 Å². The largest absolute Gasteiger partial charge is 0.481 e. The van der Waals surface area contributed by atoms with Crippen molar-refractivity contribution in [1.82, 2.24) is 4.90 Å². The zero-order valence-electron chi connectivity index (χ0n) is 15.3. The van der Waals surface area contributed by atoms with Crippen molar-refractivity contribution in [3.63, 3.8) is 0 Å². The van der Waals surface area contributed by atoms with Gasteiger partial charge in [-0.15, -0.1) is 0 Å². The SMILES string of the molecule is COCCC[C@@]1(C(=O)O)CCCN(C(=O)CCc2ccccc2C)C1. The maximum Gasteiger partial charge on any atom is 0.311 e. The predicted molar refractivity (Wildman–Crippen MR) is 96.5 cm³/mol. The van der Waals surface area contributed by atoms with Crippen molar-refractivity contribution in [3.05, 3.63) is 35.4 Å². The molecule has 1 aliphatic heterocycles. The van der Waals surface area contributed by atoms with E-state index in [1.165, 1.54) is 11.1 Å². The van der Waals surface area contributed by atoms with Crippen LogP contribution in [-0.4, -0.2) is 48.7 Å². The Morgan fingerprint density at radius 2 is 2.08 bits per heavy atom. The standard InChI is InChI=1S/C20H29NO4/c1-16-7-3-4-8-17(16)9-10-18(22)21-13-5-11-20(15-21,19(23)24)12-6-14-25-2/h3-4,7-8H,5-6,9-15H2,1-2H3,(H,23,24)/t20-/m0/s1. The second-order valence-corrected chi connectivity index (χ2v) is 7.03. The first-order valence-electron chi connectivity index (χ1n) is 9.03. The summed E-state index contributed by atoms with van der Waals surface area (Å²) in [5.41, 5.74) is 1.54. The summed E-state index contributed by atoms with van der Waals surface area (Å²) in [5, 5.41) is 9.75. The van der Waals surface area contributed by atoms with E-state index in [-0.39, 0.29) is 5.91 Å². The molecule has 0 radical (unpaired) electrons. The lowest BCUT2D eigenvalue weighted by molar-refractivity contribution is -0.155. The van der Waals surface area contributed by atoms with Gasteiger partial charge in [-0.05, 0) is 50.2 Å². The van der Waals surface area contributed by atoms with Crippen LogP contribution in [0.4, 0.5) is 0 Å². The molecule has 0 bridgehead atoms. The molecule has 1 saturated heterocycles. The maximum atomic E-state index is 12.6. The molecule has 0 unspecified atom stereocenters. The summed E-state index contributed by atoms with van der Waals surface area (Å²) in [7, 11) is 1.62. The van der Waals surface area contributed by atoms with Crippen LogP contribution in [0.2, 0.25) is 0 Å². The van der Waals surface area contributed by atoms with Gasteiger partial charge >= 0.3 is 5.97 Å². The van der Waals surface area contributed by atoms with Gasteiger partial charge in [-0.25, -0.2) is 0 Å². The molecule has 1 amide bonds. The summed E-state index contributed by atoms with van der Waals surface area (Å²) < 4.78 is 5.06. The molecule has 2 rings (SSSR count). The molecule has 5 nitrogen and oxygen atoms in total. The van der Waals surface area contributed by atoms with Gasteiger partial charge in [0, 0.05) is 33.2 Å². The maximum absolute atomic E-state index is 12.6. The normalized spacial score (nSPS) is 20.5. The summed E-state index contributed by atoms with van der Waals surface area (Å²) in [4.78, 5) is 26.3. The van der Waals surface area contributed by atoms with Gasteiger partial charge in [-0.3, -0.25) is 9.59 Å². The third kappa shape index (κ3) is 5.05. The van der Waals surface area contributed by atoms with E-state index in [4.69, 9.17) is 4.74 Å². The highest BCUT2D eigenvalue weighted by molar-refractivity contribution is 5.80. The first-order valence-corrected chi connectivity index (χ1v) is 9.03. The summed E-state index contributed by atoms with van der Waals surface area (Å²) in [6.45, 7) is 3.58. The molecule has 1 aromatic rings. The van der Waals surface area contributed by atoms with E-state index in [0.29, 0.717) is 51.8 Å². The number of likely N-dealkylation sites (tertiary alicyclic amines) is 1. The molecule has 0 aliphatic carbocycles. The lowest BCUT2D eigenvalue weighted by Crippen LogP contribution is -2.50. The van der Waals surface area contributed by atoms with Gasteiger partial charge < -0.3 is 14.7 Å². The summed E-state index contributed by atoms with van der Waals surface area (Å²) in [6, 6.07) is 8.07. The van der Waals surface area contributed by atoms with Gasteiger partial charge in [0.25, 0.3) is 0 Å². The number of aryl methyl sites for hydroxylation is 2. The van der Waals surface area contributed by atoms with Crippen molar-refractivity contribution < 1.29 is 19.4 Å². The van der Waals surface area contributed by atoms with Crippen LogP contribution >= 0.6 is 0 Å². The molecule has 25 heavy (non-hydrogen) atoms. The number of carbonyl (C=O) groups is 2. The van der Waals surface area contributed by atoms with E-state index in [0.717, 1.165) is 6.42 Å². The fourth-order valence-corrected chi connectivity index (χ4v) is 3.68. The molecule has 0 aromatic heterocycles. The number of carboxylic acid groups (broad SMARTS) is 1. The molecule has 1 fully saturated rings. The van der Waals surface area contributed by atoms with Crippen LogP contribution in [0.3, 0.4) is 0 Å². The molecule has 0 saturated carbocycles. The second kappa shape index (κ2) is 8.99. The number of hydrogen-bond acceptors (Lipinski definition) is 3. The quantitative estimate of drug-likeness (QED) is 0.734. The Balaban J connectivity index is 1.97. The Labute approximate surface area is 150 Å². The number of rotatable bonds is 8. The van der Waals surface area contributed by atoms with Crippen LogP contribution < -0.4 is 0 Å². The molecule has 0 spiro atoms. The van der Waals surface area contributed by atoms with Crippen LogP contribution in [0.5, 0.6) is 0 Å². The number of piperidine rings is 1. The third-order valence-electron chi connectivity index (χ3n) is 5.26. The summed E-state index contributed by atoms with van der Waals surface area (Å²) in [6.07, 6.45) is 3.76. The molecule has 1 heterocycles. The molecule has 5 heteroatoms. The van der Waals surface area contributed by atoms with Gasteiger partial charge in [-0.2, -0.15) is 0 Å². The van der Waals surface area contributed by atoms with Crippen LogP contribution in [0, 0.1) is 12.3 Å². The topological polar surface area (TPSA) is 66.8 Å². The van der Waals surface area contributed by atoms with Crippen molar-refractivity contribution in [2.24, 2.45) is 5.41 Å². The van der Waals surface area contributed by atoms with Crippen LogP contribution in [0.15, 0.2) is 24.3 Å². The lowest BCUT2D eigenvalue weighted by Gasteiger charge is -2.40. The van der Waals surface area contributed by atoms with Crippen molar-refractivity contribution in [2.45, 2.75) is 45.4 Å². The summed E-state index contributed by atoms with van der Waals surface area (Å²) in [5.74, 6) is -0.736. The number of benzene rings is 1. The van der Waals surface area contributed by atoms with E-state index >= 15 is 0 Å². The van der Waals surface area contributed by atoms with Gasteiger partial charge in [0.1, 0.15) is 0 Å². The molecular weight excluding hydrogens is 318 g/mol. The van der Waals surface area contributed by atoms with E-state index < -0.39 is 11.4 Å². The molecule has 1 aromatic carbocycles. The molecule has 1 aliphatic rings. The number of nitrogens with zero attached hydrogens (tertiary/aromatic N) is 1. The van der Waals surface area contributed by atoms with Gasteiger partial charge in [-0.1, -0.05) is 24.3 Å². The minimum Gasteiger partial charge on any atom is -0.481 e. The zero-order valence-corrected chi connectivity index (χ0v) is 15.3. The molecular formula is C20H29NO4. The Kier molecular flexibility index (Phi) is 7.00. The van der Waals surface area contributed by atoms with E-state index in [9.17, 15) is 14.7 Å². The number of methoxy groups -OCH3 is 1. The second-order valence-electron chi connectivity index (χ2n) is 7.03. The van der Waals surface area contributed by atoms with E-state index in [1.54, 1.807) is 12.0 Å². The minimum atomic E-state index is -0.824. The number of hydrogen-bond donors (Lipinski definition) is 1. The monoisotopic (exact) mass is 347 g/mol. The summed E-state index contributed by atoms with van der Waals surface area (Å²) >= 11 is 0. The van der Waals surface area contributed by atoms with E-state index in [2.05, 4.69) is 0 Å². The van der Waals surface area contributed by atoms with Crippen molar-refractivity contribution in [1.29, 1.82) is 0 Å². The highest BCUT2D eigenvalue weighted by Crippen LogP contribution is 2.35. The Morgan fingerprint density at radius 3 is 2.76 bits per heavy atom. The fourth-order valence-electron chi connectivity index (χ4n) is 3.68. The molecule has 1 N–H and O–H groups in total. The third-order valence-corrected chi connectivity index (χ3v) is 5.26. The van der Waals surface area contributed by atoms with Crippen molar-refractivity contribution in [3.8, 4) is 0 Å². The average Bonchev–Trinajstić information content (AvgIpc) is 2.61. The molecule has 1 atom stereocenters. The number of carbonyl (C=O) groups excluding carboxylic acids is 1. The Bertz CT molecular complexity index is 601. The van der Waals surface area contributed by atoms with E-state index in [1.807, 2.05) is 31.2 Å². The lowest BCUT2D eigenvalue weighted by atomic mass is 9.76. The van der Waals surface area contributed by atoms with Crippen LogP contribution in [0.25, 0.3) is 0 Å². The minimum absolute atomic E-state index is 0.0559.